The molecule has 86 valence electrons. The summed E-state index contributed by atoms with van der Waals surface area (Å²) in [4.78, 5) is 21.8. The van der Waals surface area contributed by atoms with E-state index in [1.54, 1.807) is 19.1 Å². The number of rotatable bonds is 3. The maximum absolute atomic E-state index is 11.3. The Kier molecular flexibility index (Phi) is 6.37. The van der Waals surface area contributed by atoms with Gasteiger partial charge in [-0.15, -0.1) is 0 Å². The number of hydrogen-bond acceptors (Lipinski definition) is 4. The van der Waals surface area contributed by atoms with Crippen LogP contribution in [0.3, 0.4) is 0 Å². The average Bonchev–Trinajstić information content (AvgIpc) is 2.56. The van der Waals surface area contributed by atoms with E-state index in [-0.39, 0.29) is 12.1 Å². The van der Waals surface area contributed by atoms with Crippen molar-refractivity contribution in [2.24, 2.45) is 0 Å². The molecule has 0 bridgehead atoms. The third-order valence-electron chi connectivity index (χ3n) is 2.04. The molecule has 1 amide bonds. The van der Waals surface area contributed by atoms with E-state index < -0.39 is 0 Å². The molecule has 5 heteroatoms. The number of amides is 1. The van der Waals surface area contributed by atoms with Crippen molar-refractivity contribution in [1.82, 2.24) is 4.90 Å². The topological polar surface area (TPSA) is 55.8 Å². The monoisotopic (exact) mass is 215 g/mol. The van der Waals surface area contributed by atoms with Gasteiger partial charge in [-0.3, -0.25) is 9.59 Å². The fraction of sp³-hybridized carbons (Fsp3) is 0.600. The Balaban J connectivity index is 0.000000423. The van der Waals surface area contributed by atoms with E-state index in [1.807, 2.05) is 13.0 Å². The van der Waals surface area contributed by atoms with Crippen LogP contribution in [0.4, 0.5) is 0 Å². The first-order valence-electron chi connectivity index (χ1n) is 4.59. The molecular formula is C10H17NO4. The zero-order valence-corrected chi connectivity index (χ0v) is 9.52. The molecule has 0 radical (unpaired) electrons. The second-order valence-corrected chi connectivity index (χ2v) is 2.92. The number of methoxy groups -OCH3 is 2. The summed E-state index contributed by atoms with van der Waals surface area (Å²) in [6, 6.07) is 0. The molecule has 1 unspecified atom stereocenters. The molecule has 5 nitrogen and oxygen atoms in total. The van der Waals surface area contributed by atoms with E-state index >= 15 is 0 Å². The van der Waals surface area contributed by atoms with Crippen molar-refractivity contribution in [2.45, 2.75) is 19.6 Å². The van der Waals surface area contributed by atoms with Crippen LogP contribution < -0.4 is 0 Å². The van der Waals surface area contributed by atoms with Crippen molar-refractivity contribution in [3.8, 4) is 0 Å². The summed E-state index contributed by atoms with van der Waals surface area (Å²) in [5.41, 5.74) is 0.847. The van der Waals surface area contributed by atoms with Crippen LogP contribution in [0.2, 0.25) is 0 Å². The molecule has 0 fully saturated rings. The van der Waals surface area contributed by atoms with E-state index in [0.29, 0.717) is 6.47 Å². The first-order chi connectivity index (χ1) is 7.12. The molecule has 1 rings (SSSR count). The number of carbonyl (C=O) groups is 2. The maximum Gasteiger partial charge on any atom is 0.292 e. The van der Waals surface area contributed by atoms with Gasteiger partial charge in [0.05, 0.1) is 7.11 Å². The van der Waals surface area contributed by atoms with Gasteiger partial charge in [0.15, 0.2) is 6.23 Å². The van der Waals surface area contributed by atoms with Crippen molar-refractivity contribution < 1.29 is 19.1 Å². The summed E-state index contributed by atoms with van der Waals surface area (Å²) in [7, 11) is 4.66. The zero-order valence-electron chi connectivity index (χ0n) is 9.52. The summed E-state index contributed by atoms with van der Waals surface area (Å²) < 4.78 is 8.92. The van der Waals surface area contributed by atoms with Gasteiger partial charge in [0.1, 0.15) is 0 Å². The first-order valence-corrected chi connectivity index (χ1v) is 4.59. The normalized spacial score (nSPS) is 19.2. The number of carbonyl (C=O) groups excluding carboxylic acids is 2. The third-order valence-corrected chi connectivity index (χ3v) is 2.04. The standard InChI is InChI=1S/C8H13NO2.C2H4O2/c1-4-6-5-7(11-3)9(2)8(6)10;1-4-2-3/h5,7H,4H2,1-3H3;2H,1H3. The highest BCUT2D eigenvalue weighted by Gasteiger charge is 2.27. The minimum atomic E-state index is -0.155. The number of likely N-dealkylation sites (N-methyl/N-ethyl adjacent to an activating group) is 1. The van der Waals surface area contributed by atoms with Gasteiger partial charge in [0, 0.05) is 19.7 Å². The molecular weight excluding hydrogens is 198 g/mol. The number of ether oxygens (including phenoxy) is 2. The molecule has 0 spiro atoms. The summed E-state index contributed by atoms with van der Waals surface area (Å²) in [5.74, 6) is 0.0827. The molecule has 1 heterocycles. The van der Waals surface area contributed by atoms with Crippen LogP contribution >= 0.6 is 0 Å². The van der Waals surface area contributed by atoms with Gasteiger partial charge in [0.2, 0.25) is 0 Å². The summed E-state index contributed by atoms with van der Waals surface area (Å²) in [5, 5.41) is 0. The van der Waals surface area contributed by atoms with Crippen LogP contribution in [0, 0.1) is 0 Å². The van der Waals surface area contributed by atoms with Crippen LogP contribution in [0.25, 0.3) is 0 Å². The van der Waals surface area contributed by atoms with Gasteiger partial charge in [-0.1, -0.05) is 6.92 Å². The summed E-state index contributed by atoms with van der Waals surface area (Å²) in [6.45, 7) is 2.34. The smallest absolute Gasteiger partial charge is 0.292 e. The Morgan fingerprint density at radius 3 is 2.27 bits per heavy atom. The minimum absolute atomic E-state index is 0.0827. The molecule has 0 aromatic heterocycles. The fourth-order valence-corrected chi connectivity index (χ4v) is 1.19. The van der Waals surface area contributed by atoms with Gasteiger partial charge >= 0.3 is 0 Å². The Labute approximate surface area is 89.6 Å². The Hall–Kier alpha value is -1.36. The molecule has 0 saturated heterocycles. The van der Waals surface area contributed by atoms with E-state index in [1.165, 1.54) is 7.11 Å². The van der Waals surface area contributed by atoms with Crippen LogP contribution in [0.1, 0.15) is 13.3 Å². The van der Waals surface area contributed by atoms with E-state index in [4.69, 9.17) is 9.53 Å². The lowest BCUT2D eigenvalue weighted by atomic mass is 10.2. The molecule has 1 aliphatic rings. The second-order valence-electron chi connectivity index (χ2n) is 2.92. The van der Waals surface area contributed by atoms with Gasteiger partial charge in [0.25, 0.3) is 12.4 Å². The Bertz CT molecular complexity index is 250. The lowest BCUT2D eigenvalue weighted by Gasteiger charge is -2.17. The molecule has 0 aromatic carbocycles. The van der Waals surface area contributed by atoms with Crippen LogP contribution in [-0.4, -0.2) is 44.8 Å². The predicted molar refractivity (Wildman–Crippen MR) is 55.0 cm³/mol. The lowest BCUT2D eigenvalue weighted by molar-refractivity contribution is -0.131. The summed E-state index contributed by atoms with van der Waals surface area (Å²) in [6.07, 6.45) is 2.49. The maximum atomic E-state index is 11.3. The van der Waals surface area contributed by atoms with Gasteiger partial charge in [-0.25, -0.2) is 0 Å². The van der Waals surface area contributed by atoms with Gasteiger partial charge in [-0.2, -0.15) is 0 Å². The minimum Gasteiger partial charge on any atom is -0.471 e. The highest BCUT2D eigenvalue weighted by Crippen LogP contribution is 2.18. The van der Waals surface area contributed by atoms with Crippen LogP contribution in [0.5, 0.6) is 0 Å². The van der Waals surface area contributed by atoms with E-state index in [9.17, 15) is 4.79 Å². The van der Waals surface area contributed by atoms with Crippen molar-refractivity contribution in [1.29, 1.82) is 0 Å². The number of nitrogens with zero attached hydrogens (tertiary/aromatic N) is 1. The molecule has 0 saturated carbocycles. The third kappa shape index (κ3) is 3.71. The summed E-state index contributed by atoms with van der Waals surface area (Å²) >= 11 is 0. The zero-order chi connectivity index (χ0) is 11.8. The SMILES string of the molecule is CCC1=CC(OC)N(C)C1=O.COC=O. The Morgan fingerprint density at radius 2 is 2.07 bits per heavy atom. The second kappa shape index (κ2) is 7.00. The average molecular weight is 215 g/mol. The van der Waals surface area contributed by atoms with E-state index in [2.05, 4.69) is 4.74 Å². The fourth-order valence-electron chi connectivity index (χ4n) is 1.19. The van der Waals surface area contributed by atoms with Crippen LogP contribution in [0.15, 0.2) is 11.6 Å². The van der Waals surface area contributed by atoms with Crippen molar-refractivity contribution in [3.05, 3.63) is 11.6 Å². The molecule has 0 aliphatic carbocycles. The molecule has 15 heavy (non-hydrogen) atoms. The first kappa shape index (κ1) is 13.6. The quantitative estimate of drug-likeness (QED) is 0.645. The molecule has 0 N–H and O–H groups in total. The molecule has 1 aliphatic heterocycles. The van der Waals surface area contributed by atoms with Crippen molar-refractivity contribution in [2.75, 3.05) is 21.3 Å². The number of hydrogen-bond donors (Lipinski definition) is 0. The van der Waals surface area contributed by atoms with Crippen molar-refractivity contribution in [3.63, 3.8) is 0 Å². The highest BCUT2D eigenvalue weighted by atomic mass is 16.5. The predicted octanol–water partition coefficient (Wildman–Crippen LogP) is 0.556. The van der Waals surface area contributed by atoms with Gasteiger partial charge in [-0.05, 0) is 12.5 Å². The van der Waals surface area contributed by atoms with Crippen LogP contribution in [-0.2, 0) is 19.1 Å². The lowest BCUT2D eigenvalue weighted by Crippen LogP contribution is -2.31. The van der Waals surface area contributed by atoms with E-state index in [0.717, 1.165) is 12.0 Å². The van der Waals surface area contributed by atoms with Crippen molar-refractivity contribution >= 4 is 12.4 Å². The highest BCUT2D eigenvalue weighted by molar-refractivity contribution is 5.95. The largest absolute Gasteiger partial charge is 0.471 e. The van der Waals surface area contributed by atoms with Gasteiger partial charge < -0.3 is 14.4 Å². The Morgan fingerprint density at radius 1 is 1.53 bits per heavy atom. The molecule has 1 atom stereocenters. The molecule has 0 aromatic rings.